The van der Waals surface area contributed by atoms with E-state index in [0.717, 1.165) is 5.56 Å². The second kappa shape index (κ2) is 6.25. The van der Waals surface area contributed by atoms with Crippen molar-refractivity contribution in [3.63, 3.8) is 0 Å². The van der Waals surface area contributed by atoms with Gasteiger partial charge in [0.05, 0.1) is 6.26 Å². The number of hydrogen-bond donors (Lipinski definition) is 2. The number of aryl methyl sites for hydroxylation is 1. The van der Waals surface area contributed by atoms with Crippen LogP contribution in [0.3, 0.4) is 0 Å². The summed E-state index contributed by atoms with van der Waals surface area (Å²) in [6, 6.07) is 8.38. The van der Waals surface area contributed by atoms with Gasteiger partial charge in [0, 0.05) is 11.4 Å². The highest BCUT2D eigenvalue weighted by Crippen LogP contribution is 2.20. The topological polar surface area (TPSA) is 71.3 Å². The molecule has 0 saturated carbocycles. The first-order valence-corrected chi connectivity index (χ1v) is 6.45. The van der Waals surface area contributed by atoms with Gasteiger partial charge in [-0.15, -0.1) is 11.6 Å². The van der Waals surface area contributed by atoms with Crippen LogP contribution in [0.4, 0.5) is 11.4 Å². The summed E-state index contributed by atoms with van der Waals surface area (Å²) >= 11 is 5.42. The van der Waals surface area contributed by atoms with Crippen molar-refractivity contribution in [3.05, 3.63) is 47.9 Å². The predicted octanol–water partition coefficient (Wildman–Crippen LogP) is 3.02. The molecule has 0 radical (unpaired) electrons. The van der Waals surface area contributed by atoms with Crippen LogP contribution in [-0.4, -0.2) is 17.7 Å². The van der Waals surface area contributed by atoms with E-state index in [-0.39, 0.29) is 23.5 Å². The number of halogens is 1. The van der Waals surface area contributed by atoms with Crippen LogP contribution < -0.4 is 10.6 Å². The van der Waals surface area contributed by atoms with Gasteiger partial charge in [0.1, 0.15) is 5.88 Å². The van der Waals surface area contributed by atoms with Gasteiger partial charge in [-0.05, 0) is 42.8 Å². The quantitative estimate of drug-likeness (QED) is 0.851. The molecule has 0 aliphatic carbocycles. The first-order chi connectivity index (χ1) is 9.60. The first kappa shape index (κ1) is 14.1. The molecule has 0 atom stereocenters. The van der Waals surface area contributed by atoms with E-state index >= 15 is 0 Å². The summed E-state index contributed by atoms with van der Waals surface area (Å²) in [5.74, 6) is -0.464. The number of furan rings is 1. The highest BCUT2D eigenvalue weighted by Gasteiger charge is 2.10. The number of rotatable bonds is 4. The minimum absolute atomic E-state index is 0.101. The minimum atomic E-state index is -0.323. The van der Waals surface area contributed by atoms with E-state index in [1.54, 1.807) is 30.3 Å². The summed E-state index contributed by atoms with van der Waals surface area (Å²) in [6.45, 7) is 1.83. The monoisotopic (exact) mass is 292 g/mol. The van der Waals surface area contributed by atoms with E-state index in [4.69, 9.17) is 16.0 Å². The minimum Gasteiger partial charge on any atom is -0.459 e. The van der Waals surface area contributed by atoms with Gasteiger partial charge >= 0.3 is 0 Å². The second-order valence-corrected chi connectivity index (χ2v) is 4.41. The maximum Gasteiger partial charge on any atom is 0.291 e. The van der Waals surface area contributed by atoms with Crippen LogP contribution in [0.1, 0.15) is 16.1 Å². The molecule has 0 saturated heterocycles. The number of anilines is 2. The van der Waals surface area contributed by atoms with Crippen LogP contribution in [0.25, 0.3) is 0 Å². The molecular formula is C14H13ClN2O3. The zero-order valence-electron chi connectivity index (χ0n) is 10.8. The third-order valence-corrected chi connectivity index (χ3v) is 2.87. The Kier molecular flexibility index (Phi) is 4.42. The molecule has 2 aromatic rings. The third-order valence-electron chi connectivity index (χ3n) is 2.62. The highest BCUT2D eigenvalue weighted by atomic mass is 35.5. The van der Waals surface area contributed by atoms with E-state index in [1.165, 1.54) is 6.26 Å². The van der Waals surface area contributed by atoms with Gasteiger partial charge in [0.25, 0.3) is 5.91 Å². The lowest BCUT2D eigenvalue weighted by Crippen LogP contribution is -2.14. The number of hydrogen-bond acceptors (Lipinski definition) is 3. The van der Waals surface area contributed by atoms with Crippen molar-refractivity contribution >= 4 is 34.8 Å². The molecule has 20 heavy (non-hydrogen) atoms. The highest BCUT2D eigenvalue weighted by molar-refractivity contribution is 6.29. The van der Waals surface area contributed by atoms with E-state index < -0.39 is 0 Å². The van der Waals surface area contributed by atoms with Gasteiger partial charge < -0.3 is 15.1 Å². The Morgan fingerprint density at radius 1 is 1.25 bits per heavy atom. The fraction of sp³-hybridized carbons (Fsp3) is 0.143. The Hall–Kier alpha value is -2.27. The number of carbonyl (C=O) groups excluding carboxylic acids is 2. The standard InChI is InChI=1S/C14H13ClN2O3/c1-9-7-10(16-13(18)8-15)4-5-11(9)17-14(19)12-3-2-6-20-12/h2-7H,8H2,1H3,(H,16,18)(H,17,19). The summed E-state index contributed by atoms with van der Waals surface area (Å²) in [5, 5.41) is 5.37. The SMILES string of the molecule is Cc1cc(NC(=O)CCl)ccc1NC(=O)c1ccco1. The van der Waals surface area contributed by atoms with E-state index in [2.05, 4.69) is 10.6 Å². The Morgan fingerprint density at radius 2 is 2.05 bits per heavy atom. The molecule has 0 unspecified atom stereocenters. The van der Waals surface area contributed by atoms with E-state index in [0.29, 0.717) is 11.4 Å². The summed E-state index contributed by atoms with van der Waals surface area (Å²) < 4.78 is 5.01. The average Bonchev–Trinajstić information content (AvgIpc) is 2.95. The van der Waals surface area contributed by atoms with Crippen LogP contribution in [0.2, 0.25) is 0 Å². The number of alkyl halides is 1. The largest absolute Gasteiger partial charge is 0.459 e. The van der Waals surface area contributed by atoms with Gasteiger partial charge in [-0.25, -0.2) is 0 Å². The molecule has 0 spiro atoms. The third kappa shape index (κ3) is 3.39. The van der Waals surface area contributed by atoms with Crippen molar-refractivity contribution in [3.8, 4) is 0 Å². The zero-order valence-corrected chi connectivity index (χ0v) is 11.5. The lowest BCUT2D eigenvalue weighted by molar-refractivity contribution is -0.113. The van der Waals surface area contributed by atoms with Gasteiger partial charge in [-0.1, -0.05) is 0 Å². The molecule has 104 valence electrons. The molecule has 0 fully saturated rings. The van der Waals surface area contributed by atoms with Crippen molar-refractivity contribution in [2.24, 2.45) is 0 Å². The van der Waals surface area contributed by atoms with Crippen LogP contribution >= 0.6 is 11.6 Å². The summed E-state index contributed by atoms with van der Waals surface area (Å²) in [7, 11) is 0. The Morgan fingerprint density at radius 3 is 2.65 bits per heavy atom. The van der Waals surface area contributed by atoms with Crippen molar-refractivity contribution in [1.82, 2.24) is 0 Å². The van der Waals surface area contributed by atoms with E-state index in [9.17, 15) is 9.59 Å². The van der Waals surface area contributed by atoms with Crippen molar-refractivity contribution in [2.45, 2.75) is 6.92 Å². The van der Waals surface area contributed by atoms with Gasteiger partial charge in [-0.2, -0.15) is 0 Å². The van der Waals surface area contributed by atoms with Gasteiger partial charge in [-0.3, -0.25) is 9.59 Å². The molecule has 0 bridgehead atoms. The summed E-state index contributed by atoms with van der Waals surface area (Å²) in [4.78, 5) is 23.0. The number of carbonyl (C=O) groups is 2. The average molecular weight is 293 g/mol. The lowest BCUT2D eigenvalue weighted by Gasteiger charge is -2.10. The number of amides is 2. The van der Waals surface area contributed by atoms with Crippen molar-refractivity contribution in [1.29, 1.82) is 0 Å². The Balaban J connectivity index is 2.10. The van der Waals surface area contributed by atoms with Crippen LogP contribution in [-0.2, 0) is 4.79 Å². The fourth-order valence-corrected chi connectivity index (χ4v) is 1.73. The van der Waals surface area contributed by atoms with Crippen LogP contribution in [0.15, 0.2) is 41.0 Å². The molecule has 5 nitrogen and oxygen atoms in total. The lowest BCUT2D eigenvalue weighted by atomic mass is 10.1. The maximum atomic E-state index is 11.8. The van der Waals surface area contributed by atoms with Gasteiger partial charge in [0.2, 0.25) is 5.91 Å². The Bertz CT molecular complexity index is 623. The molecule has 1 heterocycles. The molecule has 1 aromatic heterocycles. The van der Waals surface area contributed by atoms with E-state index in [1.807, 2.05) is 6.92 Å². The molecule has 2 amide bonds. The smallest absolute Gasteiger partial charge is 0.291 e. The molecular weight excluding hydrogens is 280 g/mol. The molecule has 2 rings (SSSR count). The molecule has 2 N–H and O–H groups in total. The molecule has 0 aliphatic heterocycles. The van der Waals surface area contributed by atoms with Gasteiger partial charge in [0.15, 0.2) is 5.76 Å². The summed E-state index contributed by atoms with van der Waals surface area (Å²) in [6.07, 6.45) is 1.44. The number of benzene rings is 1. The zero-order chi connectivity index (χ0) is 14.5. The normalized spacial score (nSPS) is 10.1. The van der Waals surface area contributed by atoms with Crippen LogP contribution in [0.5, 0.6) is 0 Å². The van der Waals surface area contributed by atoms with Crippen molar-refractivity contribution in [2.75, 3.05) is 16.5 Å². The summed E-state index contributed by atoms with van der Waals surface area (Å²) in [5.41, 5.74) is 2.09. The van der Waals surface area contributed by atoms with Crippen LogP contribution in [0, 0.1) is 6.92 Å². The first-order valence-electron chi connectivity index (χ1n) is 5.91. The maximum absolute atomic E-state index is 11.8. The number of nitrogens with one attached hydrogen (secondary N) is 2. The molecule has 0 aliphatic rings. The molecule has 1 aromatic carbocycles. The van der Waals surface area contributed by atoms with Crippen molar-refractivity contribution < 1.29 is 14.0 Å². The second-order valence-electron chi connectivity index (χ2n) is 4.14. The Labute approximate surface area is 120 Å². The molecule has 6 heteroatoms. The predicted molar refractivity (Wildman–Crippen MR) is 77.2 cm³/mol. The fourth-order valence-electron chi connectivity index (χ4n) is 1.67.